The third kappa shape index (κ3) is 3.98. The van der Waals surface area contributed by atoms with Gasteiger partial charge in [-0.1, -0.05) is 0 Å². The molecule has 1 amide bonds. The molecule has 0 aliphatic rings. The summed E-state index contributed by atoms with van der Waals surface area (Å²) in [6, 6.07) is 3.69. The lowest BCUT2D eigenvalue weighted by atomic mass is 10.3. The average Bonchev–Trinajstić information content (AvgIpc) is 2.71. The minimum Gasteiger partial charge on any atom is -0.383 e. The number of nitrogens with zero attached hydrogens (tertiary/aromatic N) is 1. The molecule has 16 heavy (non-hydrogen) atoms. The summed E-state index contributed by atoms with van der Waals surface area (Å²) < 4.78 is 4.83. The Balaban J connectivity index is 2.32. The molecule has 5 nitrogen and oxygen atoms in total. The third-order valence-corrected chi connectivity index (χ3v) is 2.64. The molecule has 0 fully saturated rings. The lowest BCUT2D eigenvalue weighted by Crippen LogP contribution is -2.30. The van der Waals surface area contributed by atoms with Crippen molar-refractivity contribution in [3.05, 3.63) is 17.0 Å². The number of nitrogens with one attached hydrogen (secondary N) is 2. The van der Waals surface area contributed by atoms with Gasteiger partial charge in [0.1, 0.15) is 11.1 Å². The second-order valence-corrected chi connectivity index (χ2v) is 3.91. The van der Waals surface area contributed by atoms with Gasteiger partial charge in [-0.2, -0.15) is 5.26 Å². The average molecular weight is 239 g/mol. The van der Waals surface area contributed by atoms with Crippen molar-refractivity contribution < 1.29 is 9.53 Å². The number of ether oxygens (including phenoxy) is 1. The first-order valence-electron chi connectivity index (χ1n) is 4.75. The predicted molar refractivity (Wildman–Crippen MR) is 62.4 cm³/mol. The molecule has 0 aromatic carbocycles. The van der Waals surface area contributed by atoms with Gasteiger partial charge in [0.15, 0.2) is 0 Å². The molecule has 0 atom stereocenters. The fraction of sp³-hybridized carbons (Fsp3) is 0.400. The van der Waals surface area contributed by atoms with Crippen LogP contribution in [0.5, 0.6) is 0 Å². The highest BCUT2D eigenvalue weighted by Gasteiger charge is 2.07. The van der Waals surface area contributed by atoms with Crippen LogP contribution in [-0.4, -0.2) is 32.7 Å². The summed E-state index contributed by atoms with van der Waals surface area (Å²) in [5, 5.41) is 16.7. The van der Waals surface area contributed by atoms with Gasteiger partial charge in [0.2, 0.25) is 5.91 Å². The summed E-state index contributed by atoms with van der Waals surface area (Å²) in [6.07, 6.45) is 0. The Morgan fingerprint density at radius 1 is 1.69 bits per heavy atom. The molecule has 1 aromatic rings. The van der Waals surface area contributed by atoms with Crippen molar-refractivity contribution >= 4 is 22.2 Å². The molecular formula is C10H13N3O2S. The van der Waals surface area contributed by atoms with Crippen LogP contribution in [0.2, 0.25) is 0 Å². The van der Waals surface area contributed by atoms with Crippen LogP contribution in [-0.2, 0) is 9.53 Å². The maximum atomic E-state index is 11.4. The molecular weight excluding hydrogens is 226 g/mol. The maximum absolute atomic E-state index is 11.4. The van der Waals surface area contributed by atoms with E-state index in [-0.39, 0.29) is 12.5 Å². The largest absolute Gasteiger partial charge is 0.383 e. The number of anilines is 1. The standard InChI is InChI=1S/C10H13N3O2S/c1-15-4-3-12-7-9(14)13-10-8(6-11)2-5-16-10/h2,5,12H,3-4,7H2,1H3,(H,13,14). The lowest BCUT2D eigenvalue weighted by Gasteiger charge is -2.04. The van der Waals surface area contributed by atoms with Crippen molar-refractivity contribution in [3.8, 4) is 6.07 Å². The van der Waals surface area contributed by atoms with Crippen LogP contribution in [0.25, 0.3) is 0 Å². The van der Waals surface area contributed by atoms with E-state index in [0.717, 1.165) is 0 Å². The van der Waals surface area contributed by atoms with Gasteiger partial charge in [0.05, 0.1) is 18.7 Å². The van der Waals surface area contributed by atoms with E-state index in [0.29, 0.717) is 23.7 Å². The van der Waals surface area contributed by atoms with Crippen LogP contribution in [0, 0.1) is 11.3 Å². The first-order chi connectivity index (χ1) is 7.77. The number of carbonyl (C=O) groups excluding carboxylic acids is 1. The first-order valence-corrected chi connectivity index (χ1v) is 5.63. The van der Waals surface area contributed by atoms with E-state index >= 15 is 0 Å². The Hall–Kier alpha value is -1.42. The molecule has 0 unspecified atom stereocenters. The minimum atomic E-state index is -0.157. The van der Waals surface area contributed by atoms with Crippen LogP contribution < -0.4 is 10.6 Å². The van der Waals surface area contributed by atoms with Gasteiger partial charge >= 0.3 is 0 Å². The van der Waals surface area contributed by atoms with Crippen molar-refractivity contribution in [2.45, 2.75) is 0 Å². The Morgan fingerprint density at radius 3 is 3.19 bits per heavy atom. The fourth-order valence-corrected chi connectivity index (χ4v) is 1.79. The van der Waals surface area contributed by atoms with Crippen molar-refractivity contribution in [2.24, 2.45) is 0 Å². The lowest BCUT2D eigenvalue weighted by molar-refractivity contribution is -0.115. The monoisotopic (exact) mass is 239 g/mol. The van der Waals surface area contributed by atoms with Crippen LogP contribution in [0.15, 0.2) is 11.4 Å². The molecule has 0 aliphatic carbocycles. The van der Waals surface area contributed by atoms with E-state index in [1.54, 1.807) is 18.6 Å². The number of hydrogen-bond donors (Lipinski definition) is 2. The molecule has 0 radical (unpaired) electrons. The molecule has 86 valence electrons. The number of methoxy groups -OCH3 is 1. The summed E-state index contributed by atoms with van der Waals surface area (Å²) in [6.45, 7) is 1.40. The summed E-state index contributed by atoms with van der Waals surface area (Å²) in [5.41, 5.74) is 0.496. The van der Waals surface area contributed by atoms with Crippen LogP contribution in [0.4, 0.5) is 5.00 Å². The van der Waals surface area contributed by atoms with Gasteiger partial charge in [0.25, 0.3) is 0 Å². The van der Waals surface area contributed by atoms with Crippen molar-refractivity contribution in [3.63, 3.8) is 0 Å². The van der Waals surface area contributed by atoms with E-state index in [1.807, 2.05) is 6.07 Å². The Morgan fingerprint density at radius 2 is 2.50 bits per heavy atom. The zero-order valence-corrected chi connectivity index (χ0v) is 9.76. The highest BCUT2D eigenvalue weighted by molar-refractivity contribution is 7.14. The predicted octanol–water partition coefficient (Wildman–Crippen LogP) is 0.794. The van der Waals surface area contributed by atoms with Crippen molar-refractivity contribution in [2.75, 3.05) is 32.1 Å². The van der Waals surface area contributed by atoms with E-state index in [2.05, 4.69) is 10.6 Å². The van der Waals surface area contributed by atoms with Crippen LogP contribution in [0.3, 0.4) is 0 Å². The van der Waals surface area contributed by atoms with Crippen molar-refractivity contribution in [1.29, 1.82) is 5.26 Å². The van der Waals surface area contributed by atoms with Crippen LogP contribution >= 0.6 is 11.3 Å². The normalized spacial score (nSPS) is 9.75. The molecule has 0 spiro atoms. The smallest absolute Gasteiger partial charge is 0.238 e. The number of rotatable bonds is 6. The molecule has 0 bridgehead atoms. The summed E-state index contributed by atoms with van der Waals surface area (Å²) in [4.78, 5) is 11.4. The van der Waals surface area contributed by atoms with Gasteiger partial charge in [-0.3, -0.25) is 4.79 Å². The molecule has 6 heteroatoms. The molecule has 0 saturated carbocycles. The van der Waals surface area contributed by atoms with Gasteiger partial charge in [-0.25, -0.2) is 0 Å². The Labute approximate surface area is 98.0 Å². The molecule has 0 saturated heterocycles. The van der Waals surface area contributed by atoms with Gasteiger partial charge in [-0.15, -0.1) is 11.3 Å². The maximum Gasteiger partial charge on any atom is 0.238 e. The van der Waals surface area contributed by atoms with Gasteiger partial charge < -0.3 is 15.4 Å². The third-order valence-electron chi connectivity index (χ3n) is 1.81. The number of hydrogen-bond acceptors (Lipinski definition) is 5. The molecule has 0 aliphatic heterocycles. The number of carbonyl (C=O) groups is 1. The van der Waals surface area contributed by atoms with Crippen LogP contribution in [0.1, 0.15) is 5.56 Å². The van der Waals surface area contributed by atoms with E-state index in [1.165, 1.54) is 11.3 Å². The molecule has 1 rings (SSSR count). The van der Waals surface area contributed by atoms with E-state index in [4.69, 9.17) is 10.00 Å². The fourth-order valence-electron chi connectivity index (χ4n) is 1.04. The summed E-state index contributed by atoms with van der Waals surface area (Å²) >= 11 is 1.34. The number of thiophene rings is 1. The zero-order chi connectivity index (χ0) is 11.8. The topological polar surface area (TPSA) is 74.2 Å². The summed E-state index contributed by atoms with van der Waals surface area (Å²) in [5.74, 6) is -0.157. The zero-order valence-electron chi connectivity index (χ0n) is 8.95. The number of amides is 1. The van der Waals surface area contributed by atoms with E-state index < -0.39 is 0 Å². The second kappa shape index (κ2) is 6.95. The molecule has 2 N–H and O–H groups in total. The Bertz CT molecular complexity index is 384. The van der Waals surface area contributed by atoms with Gasteiger partial charge in [-0.05, 0) is 11.4 Å². The summed E-state index contributed by atoms with van der Waals surface area (Å²) in [7, 11) is 1.60. The second-order valence-electron chi connectivity index (χ2n) is 2.99. The van der Waals surface area contributed by atoms with Gasteiger partial charge in [0, 0.05) is 13.7 Å². The SMILES string of the molecule is COCCNCC(=O)Nc1sccc1C#N. The highest BCUT2D eigenvalue weighted by Crippen LogP contribution is 2.21. The molecule has 1 heterocycles. The van der Waals surface area contributed by atoms with E-state index in [9.17, 15) is 4.79 Å². The quantitative estimate of drug-likeness (QED) is 0.720. The minimum absolute atomic E-state index is 0.157. The number of nitriles is 1. The molecule has 1 aromatic heterocycles. The first kappa shape index (κ1) is 12.6. The highest BCUT2D eigenvalue weighted by atomic mass is 32.1. The Kier molecular flexibility index (Phi) is 5.50. The van der Waals surface area contributed by atoms with Crippen molar-refractivity contribution in [1.82, 2.24) is 5.32 Å².